The fraction of sp³-hybridized carbons (Fsp3) is 0.143. The minimum atomic E-state index is -0.186. The molecular weight excluding hydrogens is 420 g/mol. The Morgan fingerprint density at radius 2 is 1.83 bits per heavy atom. The Labute approximate surface area is 181 Å². The molecule has 7 nitrogen and oxygen atoms in total. The molecule has 1 amide bonds. The van der Waals surface area contributed by atoms with Gasteiger partial charge >= 0.3 is 0 Å². The Bertz CT molecular complexity index is 1110. The molecule has 0 aliphatic heterocycles. The number of benzene rings is 2. The number of amides is 1. The van der Waals surface area contributed by atoms with Crippen LogP contribution in [0.2, 0.25) is 0 Å². The molecule has 4 aromatic rings. The van der Waals surface area contributed by atoms with Crippen molar-refractivity contribution in [2.75, 3.05) is 11.1 Å². The van der Waals surface area contributed by atoms with Crippen molar-refractivity contribution in [2.24, 2.45) is 0 Å². The van der Waals surface area contributed by atoms with Crippen LogP contribution in [-0.4, -0.2) is 26.8 Å². The molecule has 2 aromatic carbocycles. The number of rotatable bonds is 8. The molecule has 152 valence electrons. The van der Waals surface area contributed by atoms with Crippen molar-refractivity contribution in [3.63, 3.8) is 0 Å². The molecule has 9 heteroatoms. The summed E-state index contributed by atoms with van der Waals surface area (Å²) in [7, 11) is 0. The summed E-state index contributed by atoms with van der Waals surface area (Å²) < 4.78 is 11.1. The molecule has 0 radical (unpaired) electrons. The topological polar surface area (TPSA) is 90.1 Å². The molecule has 0 saturated heterocycles. The quantitative estimate of drug-likeness (QED) is 0.395. The molecule has 0 bridgehead atoms. The number of hydrogen-bond donors (Lipinski definition) is 1. The van der Waals surface area contributed by atoms with E-state index in [0.717, 1.165) is 21.9 Å². The second-order valence-electron chi connectivity index (χ2n) is 6.19. The van der Waals surface area contributed by atoms with Crippen LogP contribution in [0.25, 0.3) is 11.3 Å². The Morgan fingerprint density at radius 3 is 2.60 bits per heavy atom. The van der Waals surface area contributed by atoms with E-state index in [1.54, 1.807) is 0 Å². The van der Waals surface area contributed by atoms with Gasteiger partial charge in [-0.15, -0.1) is 21.5 Å². The van der Waals surface area contributed by atoms with E-state index in [-0.39, 0.29) is 18.3 Å². The van der Waals surface area contributed by atoms with Gasteiger partial charge in [0.05, 0.1) is 11.4 Å². The van der Waals surface area contributed by atoms with Gasteiger partial charge in [-0.25, -0.2) is 4.98 Å². The van der Waals surface area contributed by atoms with E-state index >= 15 is 0 Å². The molecule has 0 saturated carbocycles. The fourth-order valence-electron chi connectivity index (χ4n) is 2.61. The number of nitrogens with one attached hydrogen (secondary N) is 1. The largest absolute Gasteiger partial charge is 0.484 e. The van der Waals surface area contributed by atoms with E-state index in [2.05, 4.69) is 20.5 Å². The van der Waals surface area contributed by atoms with Gasteiger partial charge in [0.1, 0.15) is 5.75 Å². The minimum Gasteiger partial charge on any atom is -0.484 e. The summed E-state index contributed by atoms with van der Waals surface area (Å²) in [5.74, 6) is 1.02. The first-order valence-corrected chi connectivity index (χ1v) is 10.9. The molecule has 0 unspecified atom stereocenters. The summed E-state index contributed by atoms with van der Waals surface area (Å²) in [5.41, 5.74) is 1.90. The molecule has 0 atom stereocenters. The molecule has 2 heterocycles. The van der Waals surface area contributed by atoms with Crippen LogP contribution >= 0.6 is 23.1 Å². The number of thioether (sulfide) groups is 1. The molecule has 2 aromatic heterocycles. The highest BCUT2D eigenvalue weighted by atomic mass is 32.2. The lowest BCUT2D eigenvalue weighted by atomic mass is 10.1. The molecule has 30 heavy (non-hydrogen) atoms. The second kappa shape index (κ2) is 9.55. The normalized spacial score (nSPS) is 10.7. The van der Waals surface area contributed by atoms with Crippen molar-refractivity contribution in [1.82, 2.24) is 15.2 Å². The zero-order valence-corrected chi connectivity index (χ0v) is 17.7. The average molecular weight is 439 g/mol. The summed E-state index contributed by atoms with van der Waals surface area (Å²) >= 11 is 2.61. The van der Waals surface area contributed by atoms with Crippen LogP contribution in [0, 0.1) is 6.92 Å². The first kappa shape index (κ1) is 20.1. The SMILES string of the molecule is Cc1sc(NC(=O)CSc2nnc(COc3ccccc3)o2)nc1-c1ccccc1. The van der Waals surface area contributed by atoms with E-state index in [1.165, 1.54) is 23.1 Å². The number of para-hydroxylation sites is 1. The number of carbonyl (C=O) groups is 1. The van der Waals surface area contributed by atoms with Crippen molar-refractivity contribution in [2.45, 2.75) is 18.8 Å². The highest BCUT2D eigenvalue weighted by molar-refractivity contribution is 7.99. The molecule has 0 aliphatic carbocycles. The Morgan fingerprint density at radius 1 is 1.10 bits per heavy atom. The maximum absolute atomic E-state index is 12.3. The molecule has 4 rings (SSSR count). The lowest BCUT2D eigenvalue weighted by Crippen LogP contribution is -2.13. The van der Waals surface area contributed by atoms with Gasteiger partial charge in [-0.1, -0.05) is 60.3 Å². The van der Waals surface area contributed by atoms with Crippen molar-refractivity contribution < 1.29 is 13.9 Å². The highest BCUT2D eigenvalue weighted by Gasteiger charge is 2.14. The summed E-state index contributed by atoms with van der Waals surface area (Å²) in [6.07, 6.45) is 0. The molecule has 0 aliphatic rings. The zero-order valence-electron chi connectivity index (χ0n) is 16.1. The van der Waals surface area contributed by atoms with Gasteiger partial charge in [0.25, 0.3) is 11.1 Å². The number of hydrogen-bond acceptors (Lipinski definition) is 8. The molecular formula is C21H18N4O3S2. The van der Waals surface area contributed by atoms with Crippen molar-refractivity contribution in [3.8, 4) is 17.0 Å². The maximum atomic E-state index is 12.3. The Balaban J connectivity index is 1.28. The fourth-order valence-corrected chi connectivity index (χ4v) is 4.05. The van der Waals surface area contributed by atoms with E-state index in [9.17, 15) is 4.79 Å². The van der Waals surface area contributed by atoms with Crippen LogP contribution in [0.3, 0.4) is 0 Å². The third kappa shape index (κ3) is 5.25. The Hall–Kier alpha value is -3.17. The lowest BCUT2D eigenvalue weighted by molar-refractivity contribution is -0.113. The van der Waals surface area contributed by atoms with Gasteiger partial charge < -0.3 is 14.5 Å². The minimum absolute atomic E-state index is 0.139. The second-order valence-corrected chi connectivity index (χ2v) is 8.32. The van der Waals surface area contributed by atoms with E-state index in [4.69, 9.17) is 9.15 Å². The summed E-state index contributed by atoms with van der Waals surface area (Å²) in [5, 5.41) is 11.6. The molecule has 1 N–H and O–H groups in total. The van der Waals surface area contributed by atoms with Crippen LogP contribution in [0.15, 0.2) is 70.3 Å². The number of aryl methyl sites for hydroxylation is 1. The van der Waals surface area contributed by atoms with Gasteiger partial charge in [-0.2, -0.15) is 0 Å². The highest BCUT2D eigenvalue weighted by Crippen LogP contribution is 2.30. The molecule has 0 fully saturated rings. The van der Waals surface area contributed by atoms with Crippen LogP contribution in [-0.2, 0) is 11.4 Å². The lowest BCUT2D eigenvalue weighted by Gasteiger charge is -2.01. The maximum Gasteiger partial charge on any atom is 0.277 e. The van der Waals surface area contributed by atoms with Crippen molar-refractivity contribution >= 4 is 34.1 Å². The number of carbonyl (C=O) groups excluding carboxylic acids is 1. The van der Waals surface area contributed by atoms with Gasteiger partial charge in [-0.3, -0.25) is 4.79 Å². The smallest absolute Gasteiger partial charge is 0.277 e. The number of aromatic nitrogens is 3. The zero-order chi connectivity index (χ0) is 20.8. The van der Waals surface area contributed by atoms with Crippen LogP contribution in [0.1, 0.15) is 10.8 Å². The summed E-state index contributed by atoms with van der Waals surface area (Å²) in [6.45, 7) is 2.16. The van der Waals surface area contributed by atoms with Crippen LogP contribution in [0.5, 0.6) is 5.75 Å². The molecule has 0 spiro atoms. The Kier molecular flexibility index (Phi) is 6.41. The predicted octanol–water partition coefficient (Wildman–Crippen LogP) is 4.81. The average Bonchev–Trinajstić information content (AvgIpc) is 3.38. The van der Waals surface area contributed by atoms with Crippen LogP contribution < -0.4 is 10.1 Å². The monoisotopic (exact) mass is 438 g/mol. The summed E-state index contributed by atoms with van der Waals surface area (Å²) in [6, 6.07) is 19.3. The third-order valence-corrected chi connectivity index (χ3v) is 5.68. The van der Waals surface area contributed by atoms with Gasteiger partial charge in [0.2, 0.25) is 5.91 Å². The van der Waals surface area contributed by atoms with Crippen molar-refractivity contribution in [1.29, 1.82) is 0 Å². The van der Waals surface area contributed by atoms with Crippen molar-refractivity contribution in [3.05, 3.63) is 71.4 Å². The summed E-state index contributed by atoms with van der Waals surface area (Å²) in [4.78, 5) is 17.9. The third-order valence-electron chi connectivity index (χ3n) is 3.97. The van der Waals surface area contributed by atoms with Crippen LogP contribution in [0.4, 0.5) is 5.13 Å². The van der Waals surface area contributed by atoms with E-state index in [1.807, 2.05) is 67.6 Å². The van der Waals surface area contributed by atoms with Gasteiger partial charge in [0.15, 0.2) is 11.7 Å². The first-order valence-electron chi connectivity index (χ1n) is 9.13. The number of thiazole rings is 1. The van der Waals surface area contributed by atoms with E-state index < -0.39 is 0 Å². The number of ether oxygens (including phenoxy) is 1. The standard InChI is InChI=1S/C21H18N4O3S2/c1-14-19(15-8-4-2-5-9-15)23-20(30-14)22-17(26)13-29-21-25-24-18(28-21)12-27-16-10-6-3-7-11-16/h2-11H,12-13H2,1H3,(H,22,23,26). The van der Waals surface area contributed by atoms with E-state index in [0.29, 0.717) is 16.2 Å². The van der Waals surface area contributed by atoms with Gasteiger partial charge in [-0.05, 0) is 19.1 Å². The number of anilines is 1. The number of nitrogens with zero attached hydrogens (tertiary/aromatic N) is 3. The predicted molar refractivity (Wildman–Crippen MR) is 117 cm³/mol. The van der Waals surface area contributed by atoms with Gasteiger partial charge in [0, 0.05) is 10.4 Å². The first-order chi connectivity index (χ1) is 14.7.